The minimum absolute atomic E-state index is 0.0744. The Labute approximate surface area is 218 Å². The number of unbranched alkanes of at least 4 members (excludes halogenated alkanes) is 17. The highest BCUT2D eigenvalue weighted by molar-refractivity contribution is 5.72. The SMILES string of the molecule is CCCCCCCC/C=C\CCCCCCCC(=O)Oc1ccccc1CCCCCCCCC. The second-order valence-electron chi connectivity index (χ2n) is 10.3. The fraction of sp³-hybridized carbons (Fsp3) is 0.727. The summed E-state index contributed by atoms with van der Waals surface area (Å²) in [4.78, 5) is 12.3. The van der Waals surface area contributed by atoms with Gasteiger partial charge in [-0.15, -0.1) is 0 Å². The highest BCUT2D eigenvalue weighted by Crippen LogP contribution is 2.22. The Hall–Kier alpha value is -1.57. The molecule has 200 valence electrons. The first-order valence-corrected chi connectivity index (χ1v) is 15.2. The second kappa shape index (κ2) is 24.1. The largest absolute Gasteiger partial charge is 0.426 e. The summed E-state index contributed by atoms with van der Waals surface area (Å²) in [5.74, 6) is 0.700. The molecule has 2 heteroatoms. The van der Waals surface area contributed by atoms with Crippen molar-refractivity contribution in [2.24, 2.45) is 0 Å². The molecule has 0 heterocycles. The van der Waals surface area contributed by atoms with Gasteiger partial charge in [0.1, 0.15) is 5.75 Å². The van der Waals surface area contributed by atoms with Crippen LogP contribution in [0.15, 0.2) is 36.4 Å². The van der Waals surface area contributed by atoms with E-state index in [0.717, 1.165) is 25.0 Å². The zero-order chi connectivity index (χ0) is 25.2. The van der Waals surface area contributed by atoms with Crippen LogP contribution >= 0.6 is 0 Å². The van der Waals surface area contributed by atoms with Gasteiger partial charge in [0, 0.05) is 6.42 Å². The van der Waals surface area contributed by atoms with Gasteiger partial charge in [-0.25, -0.2) is 0 Å². The summed E-state index contributed by atoms with van der Waals surface area (Å²) in [6, 6.07) is 8.09. The van der Waals surface area contributed by atoms with Crippen molar-refractivity contribution in [1.82, 2.24) is 0 Å². The molecule has 0 aliphatic rings. The molecular formula is C33H56O2. The van der Waals surface area contributed by atoms with Crippen LogP contribution in [0.4, 0.5) is 0 Å². The molecular weight excluding hydrogens is 428 g/mol. The lowest BCUT2D eigenvalue weighted by Crippen LogP contribution is -2.09. The van der Waals surface area contributed by atoms with E-state index < -0.39 is 0 Å². The van der Waals surface area contributed by atoms with Crippen LogP contribution in [0.25, 0.3) is 0 Å². The van der Waals surface area contributed by atoms with Gasteiger partial charge in [-0.1, -0.05) is 134 Å². The Bertz CT molecular complexity index is 634. The van der Waals surface area contributed by atoms with Gasteiger partial charge in [0.15, 0.2) is 0 Å². The molecule has 0 N–H and O–H groups in total. The zero-order valence-corrected chi connectivity index (χ0v) is 23.3. The third-order valence-corrected chi connectivity index (χ3v) is 6.89. The summed E-state index contributed by atoms with van der Waals surface area (Å²) >= 11 is 0. The first kappa shape index (κ1) is 31.5. The predicted molar refractivity (Wildman–Crippen MR) is 153 cm³/mol. The fourth-order valence-corrected chi connectivity index (χ4v) is 4.60. The molecule has 0 amide bonds. The van der Waals surface area contributed by atoms with E-state index in [1.165, 1.54) is 121 Å². The quantitative estimate of drug-likeness (QED) is 0.0631. The number of benzene rings is 1. The first-order chi connectivity index (χ1) is 17.3. The number of esters is 1. The van der Waals surface area contributed by atoms with E-state index in [2.05, 4.69) is 38.1 Å². The van der Waals surface area contributed by atoms with Crippen LogP contribution in [0.1, 0.15) is 154 Å². The average molecular weight is 485 g/mol. The van der Waals surface area contributed by atoms with Gasteiger partial charge in [-0.3, -0.25) is 4.79 Å². The molecule has 1 aromatic rings. The number of carbonyl (C=O) groups is 1. The maximum Gasteiger partial charge on any atom is 0.311 e. The van der Waals surface area contributed by atoms with Crippen LogP contribution in [-0.2, 0) is 11.2 Å². The minimum Gasteiger partial charge on any atom is -0.426 e. The topological polar surface area (TPSA) is 26.3 Å². The van der Waals surface area contributed by atoms with Crippen molar-refractivity contribution < 1.29 is 9.53 Å². The van der Waals surface area contributed by atoms with E-state index in [9.17, 15) is 4.79 Å². The van der Waals surface area contributed by atoms with Crippen LogP contribution < -0.4 is 4.74 Å². The van der Waals surface area contributed by atoms with Gasteiger partial charge in [-0.05, 0) is 56.6 Å². The molecule has 1 aromatic carbocycles. The van der Waals surface area contributed by atoms with Crippen molar-refractivity contribution in [3.05, 3.63) is 42.0 Å². The Balaban J connectivity index is 2.03. The van der Waals surface area contributed by atoms with Crippen LogP contribution in [0.2, 0.25) is 0 Å². The smallest absolute Gasteiger partial charge is 0.311 e. The lowest BCUT2D eigenvalue weighted by atomic mass is 10.0. The average Bonchev–Trinajstić information content (AvgIpc) is 2.86. The van der Waals surface area contributed by atoms with E-state index >= 15 is 0 Å². The molecule has 0 unspecified atom stereocenters. The van der Waals surface area contributed by atoms with Gasteiger partial charge < -0.3 is 4.74 Å². The van der Waals surface area contributed by atoms with Crippen LogP contribution in [0.3, 0.4) is 0 Å². The summed E-state index contributed by atoms with van der Waals surface area (Å²) in [7, 11) is 0. The standard InChI is InChI=1S/C33H56O2/c1-3-5-7-9-11-12-13-14-15-16-17-18-20-22-24-30-33(34)35-32-29-26-25-28-31(32)27-23-21-19-10-8-6-4-2/h14-15,25-26,28-29H,3-13,16-24,27,30H2,1-2H3/b15-14-. The molecule has 0 saturated carbocycles. The molecule has 35 heavy (non-hydrogen) atoms. The van der Waals surface area contributed by atoms with Crippen LogP contribution in [0.5, 0.6) is 5.75 Å². The Morgan fingerprint density at radius 3 is 1.71 bits per heavy atom. The molecule has 0 radical (unpaired) electrons. The summed E-state index contributed by atoms with van der Waals surface area (Å²) in [5.41, 5.74) is 1.18. The predicted octanol–water partition coefficient (Wildman–Crippen LogP) is 10.9. The number of ether oxygens (including phenoxy) is 1. The summed E-state index contributed by atoms with van der Waals surface area (Å²) in [5, 5.41) is 0. The number of allylic oxidation sites excluding steroid dienone is 2. The Morgan fingerprint density at radius 2 is 1.11 bits per heavy atom. The van der Waals surface area contributed by atoms with Gasteiger partial charge in [-0.2, -0.15) is 0 Å². The van der Waals surface area contributed by atoms with Crippen molar-refractivity contribution in [1.29, 1.82) is 0 Å². The Kier molecular flexibility index (Phi) is 21.7. The molecule has 0 aromatic heterocycles. The number of aryl methyl sites for hydroxylation is 1. The number of hydrogen-bond donors (Lipinski definition) is 0. The number of para-hydroxylation sites is 1. The molecule has 0 aliphatic heterocycles. The van der Waals surface area contributed by atoms with Gasteiger partial charge >= 0.3 is 5.97 Å². The normalized spacial score (nSPS) is 11.4. The maximum absolute atomic E-state index is 12.3. The molecule has 0 spiro atoms. The molecule has 0 aliphatic carbocycles. The van der Waals surface area contributed by atoms with E-state index in [0.29, 0.717) is 6.42 Å². The molecule has 0 saturated heterocycles. The lowest BCUT2D eigenvalue weighted by molar-refractivity contribution is -0.134. The molecule has 0 atom stereocenters. The third kappa shape index (κ3) is 19.3. The van der Waals surface area contributed by atoms with Crippen LogP contribution in [-0.4, -0.2) is 5.97 Å². The van der Waals surface area contributed by atoms with Crippen molar-refractivity contribution >= 4 is 5.97 Å². The van der Waals surface area contributed by atoms with E-state index in [1.807, 2.05) is 12.1 Å². The first-order valence-electron chi connectivity index (χ1n) is 15.2. The summed E-state index contributed by atoms with van der Waals surface area (Å²) < 4.78 is 5.73. The molecule has 0 bridgehead atoms. The van der Waals surface area contributed by atoms with Gasteiger partial charge in [0.05, 0.1) is 0 Å². The molecule has 1 rings (SSSR count). The molecule has 0 fully saturated rings. The second-order valence-corrected chi connectivity index (χ2v) is 10.3. The molecule has 2 nitrogen and oxygen atoms in total. The van der Waals surface area contributed by atoms with E-state index in [1.54, 1.807) is 0 Å². The van der Waals surface area contributed by atoms with Gasteiger partial charge in [0.2, 0.25) is 0 Å². The van der Waals surface area contributed by atoms with Crippen molar-refractivity contribution in [2.75, 3.05) is 0 Å². The van der Waals surface area contributed by atoms with Crippen molar-refractivity contribution in [3.63, 3.8) is 0 Å². The highest BCUT2D eigenvalue weighted by Gasteiger charge is 2.09. The Morgan fingerprint density at radius 1 is 0.629 bits per heavy atom. The van der Waals surface area contributed by atoms with Crippen molar-refractivity contribution in [2.45, 2.75) is 155 Å². The monoisotopic (exact) mass is 484 g/mol. The van der Waals surface area contributed by atoms with Crippen LogP contribution in [0, 0.1) is 0 Å². The minimum atomic E-state index is -0.0744. The fourth-order valence-electron chi connectivity index (χ4n) is 4.60. The number of rotatable bonds is 24. The highest BCUT2D eigenvalue weighted by atomic mass is 16.5. The number of hydrogen-bond acceptors (Lipinski definition) is 2. The zero-order valence-electron chi connectivity index (χ0n) is 23.3. The van der Waals surface area contributed by atoms with Gasteiger partial charge in [0.25, 0.3) is 0 Å². The maximum atomic E-state index is 12.3. The summed E-state index contributed by atoms with van der Waals surface area (Å²) in [6.45, 7) is 4.53. The third-order valence-electron chi connectivity index (χ3n) is 6.89. The van der Waals surface area contributed by atoms with Crippen molar-refractivity contribution in [3.8, 4) is 5.75 Å². The van der Waals surface area contributed by atoms with E-state index in [-0.39, 0.29) is 5.97 Å². The summed E-state index contributed by atoms with van der Waals surface area (Å²) in [6.07, 6.45) is 31.9. The lowest BCUT2D eigenvalue weighted by Gasteiger charge is -2.10. The number of carbonyl (C=O) groups excluding carboxylic acids is 1. The van der Waals surface area contributed by atoms with E-state index in [4.69, 9.17) is 4.74 Å².